The summed E-state index contributed by atoms with van der Waals surface area (Å²) < 4.78 is 30.8. The maximum atomic E-state index is 12.8. The average Bonchev–Trinajstić information content (AvgIpc) is 2.28. The molecule has 0 fully saturated rings. The molecule has 1 radical (unpaired) electrons. The molecule has 0 aliphatic rings. The third kappa shape index (κ3) is 2.79. The molecule has 0 N–H and O–H groups in total. The second-order valence-corrected chi connectivity index (χ2v) is 3.30. The Morgan fingerprint density at radius 1 is 1.00 bits per heavy atom. The molecule has 0 atom stereocenters. The summed E-state index contributed by atoms with van der Waals surface area (Å²) >= 11 is 0. The molecule has 0 saturated heterocycles. The number of benzene rings is 2. The molecule has 0 spiro atoms. The zero-order valence-electron chi connectivity index (χ0n) is 8.41. The number of hydrogen-bond acceptors (Lipinski definition) is 1. The van der Waals surface area contributed by atoms with E-state index in [4.69, 9.17) is 4.74 Å². The SMILES string of the molecule is Fc1ccc(OCc2c[c]cc(F)c2)cc1. The van der Waals surface area contributed by atoms with Crippen LogP contribution >= 0.6 is 0 Å². The van der Waals surface area contributed by atoms with Crippen molar-refractivity contribution in [3.05, 3.63) is 65.7 Å². The number of hydrogen-bond donors (Lipinski definition) is 0. The molecule has 0 bridgehead atoms. The maximum absolute atomic E-state index is 12.8. The molecule has 0 amide bonds. The summed E-state index contributed by atoms with van der Waals surface area (Å²) in [6, 6.07) is 12.6. The summed E-state index contributed by atoms with van der Waals surface area (Å²) in [5.41, 5.74) is 0.685. The largest absolute Gasteiger partial charge is 0.489 e. The Balaban J connectivity index is 1.99. The van der Waals surface area contributed by atoms with Gasteiger partial charge in [-0.25, -0.2) is 8.78 Å². The van der Waals surface area contributed by atoms with Gasteiger partial charge in [-0.1, -0.05) is 0 Å². The van der Waals surface area contributed by atoms with Crippen molar-refractivity contribution in [2.24, 2.45) is 0 Å². The summed E-state index contributed by atoms with van der Waals surface area (Å²) in [7, 11) is 0. The monoisotopic (exact) mass is 219 g/mol. The van der Waals surface area contributed by atoms with E-state index in [-0.39, 0.29) is 18.2 Å². The maximum Gasteiger partial charge on any atom is 0.124 e. The van der Waals surface area contributed by atoms with Gasteiger partial charge in [-0.2, -0.15) is 0 Å². The van der Waals surface area contributed by atoms with Crippen LogP contribution in [0.25, 0.3) is 0 Å². The van der Waals surface area contributed by atoms with Gasteiger partial charge in [0.05, 0.1) is 0 Å². The van der Waals surface area contributed by atoms with Crippen LogP contribution < -0.4 is 4.74 Å². The lowest BCUT2D eigenvalue weighted by Gasteiger charge is -2.05. The van der Waals surface area contributed by atoms with Crippen LogP contribution in [0.5, 0.6) is 5.75 Å². The minimum Gasteiger partial charge on any atom is -0.489 e. The van der Waals surface area contributed by atoms with Crippen molar-refractivity contribution in [3.63, 3.8) is 0 Å². The molecule has 1 nitrogen and oxygen atoms in total. The van der Waals surface area contributed by atoms with E-state index in [1.807, 2.05) is 0 Å². The van der Waals surface area contributed by atoms with E-state index < -0.39 is 0 Å². The van der Waals surface area contributed by atoms with Gasteiger partial charge >= 0.3 is 0 Å². The summed E-state index contributed by atoms with van der Waals surface area (Å²) in [5.74, 6) is -0.114. The molecule has 0 aliphatic carbocycles. The zero-order valence-corrected chi connectivity index (χ0v) is 8.41. The zero-order chi connectivity index (χ0) is 11.4. The average molecular weight is 219 g/mol. The van der Waals surface area contributed by atoms with Gasteiger partial charge in [0.2, 0.25) is 0 Å². The Morgan fingerprint density at radius 2 is 1.75 bits per heavy atom. The van der Waals surface area contributed by atoms with Crippen LogP contribution in [0.3, 0.4) is 0 Å². The lowest BCUT2D eigenvalue weighted by Crippen LogP contribution is -1.95. The first-order chi connectivity index (χ1) is 7.74. The third-order valence-electron chi connectivity index (χ3n) is 2.03. The molecule has 3 heteroatoms. The van der Waals surface area contributed by atoms with Crippen molar-refractivity contribution >= 4 is 0 Å². The van der Waals surface area contributed by atoms with Crippen LogP contribution in [-0.2, 0) is 6.61 Å². The van der Waals surface area contributed by atoms with Gasteiger partial charge in [-0.3, -0.25) is 0 Å². The van der Waals surface area contributed by atoms with Crippen molar-refractivity contribution in [1.29, 1.82) is 0 Å². The summed E-state index contributed by atoms with van der Waals surface area (Å²) in [6.45, 7) is 0.236. The first kappa shape index (κ1) is 10.6. The van der Waals surface area contributed by atoms with Crippen molar-refractivity contribution in [3.8, 4) is 5.75 Å². The summed E-state index contributed by atoms with van der Waals surface area (Å²) in [4.78, 5) is 0. The molecule has 0 saturated carbocycles. The van der Waals surface area contributed by atoms with Gasteiger partial charge in [0, 0.05) is 0 Å². The van der Waals surface area contributed by atoms with Crippen LogP contribution in [0, 0.1) is 17.7 Å². The van der Waals surface area contributed by atoms with Gasteiger partial charge in [0.1, 0.15) is 24.0 Å². The van der Waals surface area contributed by atoms with E-state index in [2.05, 4.69) is 6.07 Å². The Kier molecular flexibility index (Phi) is 3.15. The molecule has 2 aromatic rings. The minimum absolute atomic E-state index is 0.236. The predicted octanol–water partition coefficient (Wildman–Crippen LogP) is 3.34. The number of halogens is 2. The fraction of sp³-hybridized carbons (Fsp3) is 0.0769. The molecule has 0 aromatic heterocycles. The molecule has 81 valence electrons. The Bertz CT molecular complexity index is 466. The number of ether oxygens (including phenoxy) is 1. The van der Waals surface area contributed by atoms with Gasteiger partial charge in [0.25, 0.3) is 0 Å². The standard InChI is InChI=1S/C13H9F2O/c14-11-4-6-13(7-5-11)16-9-10-2-1-3-12(15)8-10/h2-8H,9H2. The highest BCUT2D eigenvalue weighted by molar-refractivity contribution is 5.23. The minimum atomic E-state index is -0.347. The Hall–Kier alpha value is -1.90. The lowest BCUT2D eigenvalue weighted by molar-refractivity contribution is 0.305. The van der Waals surface area contributed by atoms with E-state index in [0.29, 0.717) is 11.3 Å². The predicted molar refractivity (Wildman–Crippen MR) is 56.0 cm³/mol. The number of rotatable bonds is 3. The van der Waals surface area contributed by atoms with Gasteiger partial charge in [-0.15, -0.1) is 0 Å². The first-order valence-electron chi connectivity index (χ1n) is 4.78. The highest BCUT2D eigenvalue weighted by Crippen LogP contribution is 2.13. The Morgan fingerprint density at radius 3 is 2.44 bits per heavy atom. The highest BCUT2D eigenvalue weighted by atomic mass is 19.1. The molecular weight excluding hydrogens is 210 g/mol. The van der Waals surface area contributed by atoms with Crippen LogP contribution in [0.1, 0.15) is 5.56 Å². The van der Waals surface area contributed by atoms with Crippen molar-refractivity contribution in [2.45, 2.75) is 6.61 Å². The third-order valence-corrected chi connectivity index (χ3v) is 2.03. The van der Waals surface area contributed by atoms with Crippen LogP contribution in [0.2, 0.25) is 0 Å². The molecule has 2 rings (SSSR count). The van der Waals surface area contributed by atoms with Crippen LogP contribution in [0.15, 0.2) is 42.5 Å². The Labute approximate surface area is 92.3 Å². The smallest absolute Gasteiger partial charge is 0.124 e. The fourth-order valence-corrected chi connectivity index (χ4v) is 1.27. The fourth-order valence-electron chi connectivity index (χ4n) is 1.27. The molecular formula is C13H9F2O. The van der Waals surface area contributed by atoms with Gasteiger partial charge < -0.3 is 4.74 Å². The molecule has 0 heterocycles. The van der Waals surface area contributed by atoms with E-state index in [1.54, 1.807) is 6.07 Å². The van der Waals surface area contributed by atoms with Gasteiger partial charge in [-0.05, 0) is 54.1 Å². The molecule has 16 heavy (non-hydrogen) atoms. The molecule has 0 unspecified atom stereocenters. The van der Waals surface area contributed by atoms with Crippen molar-refractivity contribution in [2.75, 3.05) is 0 Å². The summed E-state index contributed by atoms with van der Waals surface area (Å²) in [5, 5.41) is 0. The van der Waals surface area contributed by atoms with Crippen molar-refractivity contribution in [1.82, 2.24) is 0 Å². The highest BCUT2D eigenvalue weighted by Gasteiger charge is 1.98. The van der Waals surface area contributed by atoms with Gasteiger partial charge in [0.15, 0.2) is 0 Å². The second kappa shape index (κ2) is 4.75. The quantitative estimate of drug-likeness (QED) is 0.769. The topological polar surface area (TPSA) is 9.23 Å². The van der Waals surface area contributed by atoms with E-state index in [1.165, 1.54) is 36.4 Å². The summed E-state index contributed by atoms with van der Waals surface area (Å²) in [6.07, 6.45) is 0. The van der Waals surface area contributed by atoms with E-state index in [0.717, 1.165) is 0 Å². The van der Waals surface area contributed by atoms with Crippen LogP contribution in [-0.4, -0.2) is 0 Å². The second-order valence-electron chi connectivity index (χ2n) is 3.30. The first-order valence-corrected chi connectivity index (χ1v) is 4.78. The van der Waals surface area contributed by atoms with Crippen molar-refractivity contribution < 1.29 is 13.5 Å². The van der Waals surface area contributed by atoms with E-state index >= 15 is 0 Å². The molecule has 0 aliphatic heterocycles. The normalized spacial score (nSPS) is 10.1. The van der Waals surface area contributed by atoms with Crippen LogP contribution in [0.4, 0.5) is 8.78 Å². The lowest BCUT2D eigenvalue weighted by atomic mass is 10.2. The molecule has 2 aromatic carbocycles. The van der Waals surface area contributed by atoms with E-state index in [9.17, 15) is 8.78 Å².